The average Bonchev–Trinajstić information content (AvgIpc) is 3.27. The number of aromatic nitrogens is 3. The molecule has 5 rings (SSSR count). The zero-order chi connectivity index (χ0) is 16.6. The van der Waals surface area contributed by atoms with Crippen LogP contribution in [0.4, 0.5) is 11.6 Å². The predicted octanol–water partition coefficient (Wildman–Crippen LogP) is 3.74. The lowest BCUT2D eigenvalue weighted by Crippen LogP contribution is -1.99. The van der Waals surface area contributed by atoms with Crippen molar-refractivity contribution in [1.29, 1.82) is 0 Å². The average molecular weight is 327 g/mol. The molecule has 0 aliphatic carbocycles. The molecule has 0 radical (unpaired) electrons. The highest BCUT2D eigenvalue weighted by Crippen LogP contribution is 2.24. The summed E-state index contributed by atoms with van der Waals surface area (Å²) < 4.78 is 1.88. The molecule has 0 bridgehead atoms. The Labute approximate surface area is 145 Å². The maximum atomic E-state index is 4.66. The van der Waals surface area contributed by atoms with E-state index in [1.54, 1.807) is 0 Å². The smallest absolute Gasteiger partial charge is 0.247 e. The minimum absolute atomic E-state index is 0.606. The maximum absolute atomic E-state index is 4.66. The molecule has 0 saturated heterocycles. The molecule has 5 heteroatoms. The van der Waals surface area contributed by atoms with Crippen molar-refractivity contribution in [2.45, 2.75) is 13.1 Å². The first kappa shape index (κ1) is 14.2. The molecule has 0 saturated carbocycles. The third kappa shape index (κ3) is 2.55. The largest absolute Gasteiger partial charge is 0.323 e. The van der Waals surface area contributed by atoms with Crippen molar-refractivity contribution in [2.75, 3.05) is 5.32 Å². The van der Waals surface area contributed by atoms with Crippen LogP contribution in [0.2, 0.25) is 0 Å². The summed E-state index contributed by atoms with van der Waals surface area (Å²) in [7, 11) is 0. The van der Waals surface area contributed by atoms with Crippen molar-refractivity contribution in [3.05, 3.63) is 77.9 Å². The van der Waals surface area contributed by atoms with Crippen molar-refractivity contribution in [3.63, 3.8) is 0 Å². The van der Waals surface area contributed by atoms with E-state index in [9.17, 15) is 0 Å². The van der Waals surface area contributed by atoms with Gasteiger partial charge < -0.3 is 10.6 Å². The van der Waals surface area contributed by atoms with E-state index in [0.29, 0.717) is 5.95 Å². The van der Waals surface area contributed by atoms with Crippen LogP contribution in [0.3, 0.4) is 0 Å². The normalized spacial score (nSPS) is 13.1. The number of nitrogens with zero attached hydrogens (tertiary/aromatic N) is 3. The molecule has 0 atom stereocenters. The Morgan fingerprint density at radius 1 is 0.880 bits per heavy atom. The van der Waals surface area contributed by atoms with E-state index in [2.05, 4.69) is 57.1 Å². The molecular formula is C20H17N5. The van der Waals surface area contributed by atoms with Crippen LogP contribution in [0.15, 0.2) is 66.7 Å². The zero-order valence-electron chi connectivity index (χ0n) is 13.6. The van der Waals surface area contributed by atoms with Gasteiger partial charge >= 0.3 is 0 Å². The lowest BCUT2D eigenvalue weighted by molar-refractivity contribution is 0.765. The summed E-state index contributed by atoms with van der Waals surface area (Å²) in [6.07, 6.45) is 0. The van der Waals surface area contributed by atoms with E-state index in [4.69, 9.17) is 0 Å². The fourth-order valence-corrected chi connectivity index (χ4v) is 3.29. The molecule has 0 fully saturated rings. The number of hydrogen-bond acceptors (Lipinski definition) is 4. The van der Waals surface area contributed by atoms with E-state index in [-0.39, 0.29) is 0 Å². The molecule has 0 amide bonds. The number of rotatable bonds is 3. The zero-order valence-corrected chi connectivity index (χ0v) is 13.6. The first-order valence-corrected chi connectivity index (χ1v) is 8.37. The molecule has 5 nitrogen and oxygen atoms in total. The molecule has 122 valence electrons. The molecule has 4 aromatic rings. The van der Waals surface area contributed by atoms with Crippen LogP contribution >= 0.6 is 0 Å². The first-order chi connectivity index (χ1) is 12.4. The van der Waals surface area contributed by atoms with Crippen LogP contribution in [0, 0.1) is 0 Å². The summed E-state index contributed by atoms with van der Waals surface area (Å²) in [6.45, 7) is 1.87. The minimum atomic E-state index is 0.606. The molecule has 1 aliphatic rings. The maximum Gasteiger partial charge on any atom is 0.247 e. The number of benzene rings is 2. The SMILES string of the molecule is c1ccc(-c2cccc3nc(Nc4ccc5c(c4)CNC5)nn23)cc1. The van der Waals surface area contributed by atoms with Crippen molar-refractivity contribution in [3.8, 4) is 11.3 Å². The lowest BCUT2D eigenvalue weighted by Gasteiger charge is -2.04. The van der Waals surface area contributed by atoms with Gasteiger partial charge in [-0.25, -0.2) is 4.52 Å². The van der Waals surface area contributed by atoms with Crippen LogP contribution in [-0.4, -0.2) is 14.6 Å². The van der Waals surface area contributed by atoms with Crippen LogP contribution < -0.4 is 10.6 Å². The van der Waals surface area contributed by atoms with Crippen LogP contribution in [0.1, 0.15) is 11.1 Å². The van der Waals surface area contributed by atoms with Gasteiger partial charge in [-0.3, -0.25) is 0 Å². The van der Waals surface area contributed by atoms with Gasteiger partial charge in [-0.15, -0.1) is 5.10 Å². The van der Waals surface area contributed by atoms with E-state index in [1.165, 1.54) is 11.1 Å². The van der Waals surface area contributed by atoms with Gasteiger partial charge in [0.25, 0.3) is 0 Å². The van der Waals surface area contributed by atoms with Gasteiger partial charge in [-0.1, -0.05) is 42.5 Å². The summed E-state index contributed by atoms with van der Waals surface area (Å²) in [5.74, 6) is 0.606. The highest BCUT2D eigenvalue weighted by Gasteiger charge is 2.12. The number of fused-ring (bicyclic) bond motifs is 2. The third-order valence-corrected chi connectivity index (χ3v) is 4.52. The summed E-state index contributed by atoms with van der Waals surface area (Å²) >= 11 is 0. The van der Waals surface area contributed by atoms with Gasteiger partial charge in [0.1, 0.15) is 0 Å². The molecule has 3 heterocycles. The van der Waals surface area contributed by atoms with E-state index in [0.717, 1.165) is 35.7 Å². The van der Waals surface area contributed by atoms with Crippen molar-refractivity contribution in [1.82, 2.24) is 19.9 Å². The molecular weight excluding hydrogens is 310 g/mol. The second kappa shape index (κ2) is 5.72. The van der Waals surface area contributed by atoms with E-state index in [1.807, 2.05) is 34.8 Å². The second-order valence-electron chi connectivity index (χ2n) is 6.19. The van der Waals surface area contributed by atoms with Crippen molar-refractivity contribution in [2.24, 2.45) is 0 Å². The predicted molar refractivity (Wildman–Crippen MR) is 98.7 cm³/mol. The third-order valence-electron chi connectivity index (χ3n) is 4.52. The number of pyridine rings is 1. The summed E-state index contributed by atoms with van der Waals surface area (Å²) in [5, 5.41) is 11.4. The Balaban J connectivity index is 1.53. The highest BCUT2D eigenvalue weighted by molar-refractivity contribution is 5.65. The Morgan fingerprint density at radius 3 is 2.68 bits per heavy atom. The topological polar surface area (TPSA) is 54.2 Å². The number of anilines is 2. The molecule has 2 aromatic heterocycles. The first-order valence-electron chi connectivity index (χ1n) is 8.37. The van der Waals surface area contributed by atoms with Gasteiger partial charge in [0.2, 0.25) is 5.95 Å². The highest BCUT2D eigenvalue weighted by atomic mass is 15.4. The van der Waals surface area contributed by atoms with Crippen LogP contribution in [0.25, 0.3) is 16.9 Å². The molecule has 1 aliphatic heterocycles. The molecule has 2 N–H and O–H groups in total. The van der Waals surface area contributed by atoms with Gasteiger partial charge in [0, 0.05) is 24.3 Å². The summed E-state index contributed by atoms with van der Waals surface area (Å²) in [5.41, 5.74) is 6.68. The lowest BCUT2D eigenvalue weighted by atomic mass is 10.1. The summed E-state index contributed by atoms with van der Waals surface area (Å²) in [4.78, 5) is 4.61. The van der Waals surface area contributed by atoms with Crippen LogP contribution in [0.5, 0.6) is 0 Å². The van der Waals surface area contributed by atoms with Gasteiger partial charge in [0.05, 0.1) is 5.69 Å². The number of nitrogens with one attached hydrogen (secondary N) is 2. The van der Waals surface area contributed by atoms with Gasteiger partial charge in [-0.05, 0) is 35.4 Å². The van der Waals surface area contributed by atoms with Gasteiger partial charge in [-0.2, -0.15) is 4.98 Å². The molecule has 2 aromatic carbocycles. The molecule has 0 unspecified atom stereocenters. The minimum Gasteiger partial charge on any atom is -0.323 e. The summed E-state index contributed by atoms with van der Waals surface area (Å²) in [6, 6.07) is 22.7. The van der Waals surface area contributed by atoms with Crippen molar-refractivity contribution < 1.29 is 0 Å². The Hall–Kier alpha value is -3.18. The number of hydrogen-bond donors (Lipinski definition) is 2. The fraction of sp³-hybridized carbons (Fsp3) is 0.100. The molecule has 25 heavy (non-hydrogen) atoms. The Bertz CT molecular complexity index is 1050. The second-order valence-corrected chi connectivity index (χ2v) is 6.19. The fourth-order valence-electron chi connectivity index (χ4n) is 3.29. The molecule has 0 spiro atoms. The van der Waals surface area contributed by atoms with E-state index < -0.39 is 0 Å². The van der Waals surface area contributed by atoms with Gasteiger partial charge in [0.15, 0.2) is 5.65 Å². The Morgan fingerprint density at radius 2 is 1.76 bits per heavy atom. The monoisotopic (exact) mass is 327 g/mol. The van der Waals surface area contributed by atoms with E-state index >= 15 is 0 Å². The quantitative estimate of drug-likeness (QED) is 0.602. The standard InChI is InChI=1S/C20H17N5/c1-2-5-14(6-3-1)18-7-4-8-19-23-20(24-25(18)19)22-17-10-9-15-12-21-13-16(15)11-17/h1-11,21H,12-13H2,(H,22,24). The Kier molecular flexibility index (Phi) is 3.24. The van der Waals surface area contributed by atoms with Crippen molar-refractivity contribution >= 4 is 17.3 Å². The van der Waals surface area contributed by atoms with Crippen LogP contribution in [-0.2, 0) is 13.1 Å².